The summed E-state index contributed by atoms with van der Waals surface area (Å²) in [5.41, 5.74) is 1.04. The van der Waals surface area contributed by atoms with Crippen LogP contribution < -0.4 is 5.32 Å². The highest BCUT2D eigenvalue weighted by atomic mass is 32.2. The number of hydrogen-bond acceptors (Lipinski definition) is 3. The zero-order valence-electron chi connectivity index (χ0n) is 11.4. The number of nitrogens with one attached hydrogen (secondary N) is 1. The van der Waals surface area contributed by atoms with E-state index in [1.807, 2.05) is 19.1 Å². The molecule has 0 aliphatic carbocycles. The first kappa shape index (κ1) is 13.6. The van der Waals surface area contributed by atoms with Gasteiger partial charge in [-0.05, 0) is 31.9 Å². The van der Waals surface area contributed by atoms with Crippen LogP contribution >= 0.6 is 0 Å². The third kappa shape index (κ3) is 2.23. The van der Waals surface area contributed by atoms with Crippen LogP contribution in [-0.4, -0.2) is 37.3 Å². The van der Waals surface area contributed by atoms with Crippen LogP contribution in [0.3, 0.4) is 0 Å². The molecule has 0 bridgehead atoms. The second-order valence-corrected chi connectivity index (χ2v) is 7.39. The summed E-state index contributed by atoms with van der Waals surface area (Å²) in [5, 5.41) is 2.90. The number of aryl methyl sites for hydroxylation is 1. The van der Waals surface area contributed by atoms with E-state index in [9.17, 15) is 13.2 Å². The van der Waals surface area contributed by atoms with Crippen molar-refractivity contribution >= 4 is 15.9 Å². The zero-order chi connectivity index (χ0) is 14.3. The van der Waals surface area contributed by atoms with Gasteiger partial charge in [-0.3, -0.25) is 4.79 Å². The van der Waals surface area contributed by atoms with Gasteiger partial charge in [-0.1, -0.05) is 17.7 Å². The maximum absolute atomic E-state index is 12.7. The highest BCUT2D eigenvalue weighted by Crippen LogP contribution is 2.31. The fourth-order valence-corrected chi connectivity index (χ4v) is 4.75. The molecule has 6 heteroatoms. The smallest absolute Gasteiger partial charge is 0.243 e. The van der Waals surface area contributed by atoms with Crippen molar-refractivity contribution in [1.82, 2.24) is 9.62 Å². The summed E-state index contributed by atoms with van der Waals surface area (Å²) >= 11 is 0. The van der Waals surface area contributed by atoms with Crippen LogP contribution in [0, 0.1) is 6.92 Å². The van der Waals surface area contributed by atoms with Crippen molar-refractivity contribution in [3.05, 3.63) is 29.8 Å². The molecule has 2 aliphatic heterocycles. The molecule has 108 valence electrons. The van der Waals surface area contributed by atoms with E-state index >= 15 is 0 Å². The number of amides is 1. The topological polar surface area (TPSA) is 66.5 Å². The Morgan fingerprint density at radius 2 is 1.90 bits per heavy atom. The quantitative estimate of drug-likeness (QED) is 0.886. The van der Waals surface area contributed by atoms with Gasteiger partial charge in [0.1, 0.15) is 0 Å². The molecule has 2 saturated heterocycles. The fraction of sp³-hybridized carbons (Fsp3) is 0.500. The Balaban J connectivity index is 1.89. The van der Waals surface area contributed by atoms with E-state index in [-0.39, 0.29) is 18.0 Å². The molecular weight excluding hydrogens is 276 g/mol. The molecule has 1 amide bonds. The first-order valence-corrected chi connectivity index (χ1v) is 8.30. The van der Waals surface area contributed by atoms with Crippen molar-refractivity contribution < 1.29 is 13.2 Å². The first-order chi connectivity index (χ1) is 9.48. The van der Waals surface area contributed by atoms with Crippen molar-refractivity contribution in [3.63, 3.8) is 0 Å². The number of benzene rings is 1. The van der Waals surface area contributed by atoms with Crippen molar-refractivity contribution in [3.8, 4) is 0 Å². The Kier molecular flexibility index (Phi) is 3.30. The molecule has 2 heterocycles. The van der Waals surface area contributed by atoms with Gasteiger partial charge >= 0.3 is 0 Å². The average Bonchev–Trinajstić information content (AvgIpc) is 2.82. The van der Waals surface area contributed by atoms with E-state index in [2.05, 4.69) is 5.32 Å². The van der Waals surface area contributed by atoms with Gasteiger partial charge in [-0.25, -0.2) is 8.42 Å². The highest BCUT2D eigenvalue weighted by molar-refractivity contribution is 7.89. The van der Waals surface area contributed by atoms with Gasteiger partial charge in [-0.2, -0.15) is 4.31 Å². The van der Waals surface area contributed by atoms with Gasteiger partial charge in [0, 0.05) is 25.0 Å². The standard InChI is InChI=1S/C14H18N2O3S/c1-10-2-4-11(5-3-10)20(18,19)16-9-8-12-13(16)6-7-14(17)15-12/h2-5,12-13H,6-9H2,1H3,(H,15,17)/t12-,13-/m0/s1. The molecule has 5 nitrogen and oxygen atoms in total. The molecule has 0 spiro atoms. The zero-order valence-corrected chi connectivity index (χ0v) is 12.2. The maximum atomic E-state index is 12.7. The van der Waals surface area contributed by atoms with Gasteiger partial charge in [0.15, 0.2) is 0 Å². The molecule has 2 fully saturated rings. The number of nitrogens with zero attached hydrogens (tertiary/aromatic N) is 1. The molecule has 0 unspecified atom stereocenters. The predicted molar refractivity (Wildman–Crippen MR) is 74.6 cm³/mol. The van der Waals surface area contributed by atoms with Crippen molar-refractivity contribution in [2.45, 2.75) is 43.2 Å². The monoisotopic (exact) mass is 294 g/mol. The summed E-state index contributed by atoms with van der Waals surface area (Å²) in [6, 6.07) is 6.79. The minimum Gasteiger partial charge on any atom is -0.352 e. The van der Waals surface area contributed by atoms with Crippen LogP contribution in [0.15, 0.2) is 29.2 Å². The fourth-order valence-electron chi connectivity index (χ4n) is 3.04. The number of carbonyl (C=O) groups is 1. The van der Waals surface area contributed by atoms with E-state index in [4.69, 9.17) is 0 Å². The minimum atomic E-state index is -3.46. The second-order valence-electron chi connectivity index (χ2n) is 5.50. The number of hydrogen-bond donors (Lipinski definition) is 1. The largest absolute Gasteiger partial charge is 0.352 e. The van der Waals surface area contributed by atoms with E-state index in [1.165, 1.54) is 0 Å². The Morgan fingerprint density at radius 1 is 1.20 bits per heavy atom. The number of piperidine rings is 1. The molecule has 20 heavy (non-hydrogen) atoms. The summed E-state index contributed by atoms with van der Waals surface area (Å²) < 4.78 is 26.9. The molecule has 0 aromatic heterocycles. The Labute approximate surface area is 119 Å². The molecular formula is C14H18N2O3S. The molecule has 2 atom stereocenters. The predicted octanol–water partition coefficient (Wildman–Crippen LogP) is 1.04. The Bertz CT molecular complexity index is 624. The number of sulfonamides is 1. The summed E-state index contributed by atoms with van der Waals surface area (Å²) in [4.78, 5) is 11.7. The van der Waals surface area contributed by atoms with Gasteiger partial charge < -0.3 is 5.32 Å². The van der Waals surface area contributed by atoms with E-state index < -0.39 is 10.0 Å². The van der Waals surface area contributed by atoms with Crippen LogP contribution in [0.4, 0.5) is 0 Å². The van der Waals surface area contributed by atoms with Gasteiger partial charge in [0.2, 0.25) is 15.9 Å². The van der Waals surface area contributed by atoms with E-state index in [0.29, 0.717) is 30.7 Å². The lowest BCUT2D eigenvalue weighted by atomic mass is 10.00. The lowest BCUT2D eigenvalue weighted by molar-refractivity contribution is -0.123. The highest BCUT2D eigenvalue weighted by Gasteiger charge is 2.44. The molecule has 1 aromatic carbocycles. The van der Waals surface area contributed by atoms with Crippen molar-refractivity contribution in [2.75, 3.05) is 6.54 Å². The SMILES string of the molecule is Cc1ccc(S(=O)(=O)N2CC[C@@H]3NC(=O)CC[C@@H]32)cc1. The van der Waals surface area contributed by atoms with Crippen LogP contribution in [0.2, 0.25) is 0 Å². The lowest BCUT2D eigenvalue weighted by Crippen LogP contribution is -2.50. The minimum absolute atomic E-state index is 0.0285. The maximum Gasteiger partial charge on any atom is 0.243 e. The number of fused-ring (bicyclic) bond motifs is 1. The van der Waals surface area contributed by atoms with Crippen LogP contribution in [-0.2, 0) is 14.8 Å². The number of rotatable bonds is 2. The average molecular weight is 294 g/mol. The molecule has 2 aliphatic rings. The molecule has 1 N–H and O–H groups in total. The Hall–Kier alpha value is -1.40. The van der Waals surface area contributed by atoms with E-state index in [1.54, 1.807) is 16.4 Å². The molecule has 1 aromatic rings. The van der Waals surface area contributed by atoms with Crippen molar-refractivity contribution in [1.29, 1.82) is 0 Å². The summed E-state index contributed by atoms with van der Waals surface area (Å²) in [5.74, 6) is 0.0285. The third-order valence-corrected chi connectivity index (χ3v) is 6.07. The second kappa shape index (κ2) is 4.86. The normalized spacial score (nSPS) is 27.1. The Morgan fingerprint density at radius 3 is 2.60 bits per heavy atom. The summed E-state index contributed by atoms with van der Waals surface area (Å²) in [6.07, 6.45) is 1.71. The lowest BCUT2D eigenvalue weighted by Gasteiger charge is -2.31. The third-order valence-electron chi connectivity index (χ3n) is 4.14. The van der Waals surface area contributed by atoms with Gasteiger partial charge in [0.05, 0.1) is 4.90 Å². The van der Waals surface area contributed by atoms with Crippen LogP contribution in [0.25, 0.3) is 0 Å². The van der Waals surface area contributed by atoms with E-state index in [0.717, 1.165) is 5.56 Å². The number of carbonyl (C=O) groups excluding carboxylic acids is 1. The van der Waals surface area contributed by atoms with Gasteiger partial charge in [-0.15, -0.1) is 0 Å². The summed E-state index contributed by atoms with van der Waals surface area (Å²) in [7, 11) is -3.46. The molecule has 0 saturated carbocycles. The first-order valence-electron chi connectivity index (χ1n) is 6.86. The molecule has 0 radical (unpaired) electrons. The molecule has 3 rings (SSSR count). The van der Waals surface area contributed by atoms with Crippen LogP contribution in [0.5, 0.6) is 0 Å². The van der Waals surface area contributed by atoms with Gasteiger partial charge in [0.25, 0.3) is 0 Å². The van der Waals surface area contributed by atoms with Crippen molar-refractivity contribution in [2.24, 2.45) is 0 Å². The van der Waals surface area contributed by atoms with Crippen LogP contribution in [0.1, 0.15) is 24.8 Å². The summed E-state index contributed by atoms with van der Waals surface area (Å²) in [6.45, 7) is 2.41.